The first kappa shape index (κ1) is 37.3. The molecule has 3 aliphatic rings. The molecule has 1 spiro atoms. The van der Waals surface area contributed by atoms with Crippen LogP contribution in [-0.2, 0) is 10.8 Å². The predicted octanol–water partition coefficient (Wildman–Crippen LogP) is 17.3. The molecule has 2 heterocycles. The molecule has 0 amide bonds. The minimum absolute atomic E-state index is 0.168. The number of hydrogen-bond donors (Lipinski definition) is 0. The van der Waals surface area contributed by atoms with Gasteiger partial charge in [0, 0.05) is 59.0 Å². The van der Waals surface area contributed by atoms with Crippen LogP contribution in [0, 0.1) is 0 Å². The zero-order valence-corrected chi connectivity index (χ0v) is 37.9. The predicted molar refractivity (Wildman–Crippen MR) is 282 cm³/mol. The first-order valence-electron chi connectivity index (χ1n) is 23.4. The Labute approximate surface area is 393 Å². The van der Waals surface area contributed by atoms with Gasteiger partial charge >= 0.3 is 0 Å². The highest BCUT2D eigenvalue weighted by Crippen LogP contribution is 2.65. The number of para-hydroxylation sites is 1. The number of hydrogen-bond acceptors (Lipinski definition) is 2. The molecule has 3 heteroatoms. The van der Waals surface area contributed by atoms with E-state index in [1.165, 1.54) is 114 Å². The monoisotopic (exact) mass is 870 g/mol. The maximum Gasteiger partial charge on any atom is 0.0726 e. The van der Waals surface area contributed by atoms with Crippen molar-refractivity contribution in [2.45, 2.75) is 24.7 Å². The van der Waals surface area contributed by atoms with Crippen molar-refractivity contribution in [3.8, 4) is 39.1 Å². The molecule has 314 valence electrons. The zero-order valence-electron chi connectivity index (χ0n) is 37.1. The highest BCUT2D eigenvalue weighted by atomic mass is 32.1. The van der Waals surface area contributed by atoms with Crippen molar-refractivity contribution in [1.82, 2.24) is 4.57 Å². The van der Waals surface area contributed by atoms with Gasteiger partial charge in [-0.15, -0.1) is 11.3 Å². The molecule has 10 aromatic carbocycles. The first-order chi connectivity index (χ1) is 33.0. The summed E-state index contributed by atoms with van der Waals surface area (Å²) in [5.74, 6) is 0. The van der Waals surface area contributed by atoms with Crippen LogP contribution in [0.15, 0.2) is 218 Å². The Morgan fingerprint density at radius 2 is 0.970 bits per heavy atom. The molecule has 0 unspecified atom stereocenters. The molecule has 2 aromatic heterocycles. The molecule has 0 N–H and O–H groups in total. The molecule has 0 saturated carbocycles. The number of anilines is 3. The zero-order chi connectivity index (χ0) is 44.2. The van der Waals surface area contributed by atoms with E-state index in [-0.39, 0.29) is 5.41 Å². The Morgan fingerprint density at radius 1 is 0.403 bits per heavy atom. The van der Waals surface area contributed by atoms with E-state index in [0.29, 0.717) is 0 Å². The summed E-state index contributed by atoms with van der Waals surface area (Å²) in [4.78, 5) is 2.57. The van der Waals surface area contributed by atoms with Crippen molar-refractivity contribution >= 4 is 70.4 Å². The molecule has 2 nitrogen and oxygen atoms in total. The molecular weight excluding hydrogens is 829 g/mol. The standard InChI is InChI=1S/C64H42N2S/c1-63(2)50-24-11-6-19-42(50)45-33-31-40(37-55(45)63)65(56-29-16-28-54-60(56)48-22-9-14-27-53(48)64(54)51-25-12-7-20-43(51)44-21-8-13-26-52(44)64)41-32-34-46-47-35-36-59-61(49-23-10-15-30-58(49)67-59)62(47)66(57(46)38-41)39-17-4-3-5-18-39/h3-38H,1-2H3. The van der Waals surface area contributed by atoms with Gasteiger partial charge in [0.25, 0.3) is 0 Å². The van der Waals surface area contributed by atoms with Crippen LogP contribution in [0.25, 0.3) is 81.0 Å². The Balaban J connectivity index is 1.05. The third-order valence-electron chi connectivity index (χ3n) is 15.6. The molecule has 0 radical (unpaired) electrons. The molecule has 0 bridgehead atoms. The van der Waals surface area contributed by atoms with Gasteiger partial charge in [-0.3, -0.25) is 0 Å². The summed E-state index contributed by atoms with van der Waals surface area (Å²) >= 11 is 1.88. The van der Waals surface area contributed by atoms with Crippen molar-refractivity contribution in [3.05, 3.63) is 252 Å². The van der Waals surface area contributed by atoms with Crippen molar-refractivity contribution in [2.24, 2.45) is 0 Å². The average molecular weight is 871 g/mol. The molecule has 0 saturated heterocycles. The van der Waals surface area contributed by atoms with Crippen LogP contribution < -0.4 is 4.90 Å². The highest BCUT2D eigenvalue weighted by Gasteiger charge is 2.52. The van der Waals surface area contributed by atoms with Crippen LogP contribution in [-0.4, -0.2) is 4.57 Å². The van der Waals surface area contributed by atoms with Gasteiger partial charge in [0.05, 0.1) is 22.1 Å². The number of rotatable bonds is 4. The van der Waals surface area contributed by atoms with Crippen LogP contribution in [0.1, 0.15) is 47.2 Å². The second-order valence-electron chi connectivity index (χ2n) is 19.1. The summed E-state index contributed by atoms with van der Waals surface area (Å²) < 4.78 is 5.15. The van der Waals surface area contributed by atoms with Crippen molar-refractivity contribution in [3.63, 3.8) is 0 Å². The summed E-state index contributed by atoms with van der Waals surface area (Å²) in [6.45, 7) is 4.78. The lowest BCUT2D eigenvalue weighted by Crippen LogP contribution is -2.26. The fraction of sp³-hybridized carbons (Fsp3) is 0.0625. The number of fused-ring (bicyclic) bond motifs is 20. The quantitative estimate of drug-likeness (QED) is 0.171. The van der Waals surface area contributed by atoms with Gasteiger partial charge in [0.2, 0.25) is 0 Å². The number of aromatic nitrogens is 1. The largest absolute Gasteiger partial charge is 0.310 e. The molecule has 12 aromatic rings. The van der Waals surface area contributed by atoms with E-state index in [0.717, 1.165) is 17.1 Å². The highest BCUT2D eigenvalue weighted by molar-refractivity contribution is 7.26. The summed E-state index contributed by atoms with van der Waals surface area (Å²) in [5.41, 5.74) is 22.3. The van der Waals surface area contributed by atoms with E-state index in [9.17, 15) is 0 Å². The average Bonchev–Trinajstić information content (AvgIpc) is 4.14. The minimum atomic E-state index is -0.458. The van der Waals surface area contributed by atoms with Gasteiger partial charge in [-0.1, -0.05) is 178 Å². The maximum absolute atomic E-state index is 2.57. The number of thiophene rings is 1. The van der Waals surface area contributed by atoms with E-state index < -0.39 is 5.41 Å². The van der Waals surface area contributed by atoms with Crippen LogP contribution in [0.5, 0.6) is 0 Å². The van der Waals surface area contributed by atoms with Gasteiger partial charge in [-0.25, -0.2) is 0 Å². The summed E-state index contributed by atoms with van der Waals surface area (Å²) in [6, 6.07) is 82.5. The third kappa shape index (κ3) is 4.74. The molecule has 67 heavy (non-hydrogen) atoms. The van der Waals surface area contributed by atoms with Gasteiger partial charge in [0.15, 0.2) is 0 Å². The number of benzene rings is 10. The summed E-state index contributed by atoms with van der Waals surface area (Å²) in [7, 11) is 0. The molecule has 0 aliphatic heterocycles. The van der Waals surface area contributed by atoms with Crippen molar-refractivity contribution < 1.29 is 0 Å². The van der Waals surface area contributed by atoms with E-state index >= 15 is 0 Å². The smallest absolute Gasteiger partial charge is 0.0726 e. The van der Waals surface area contributed by atoms with Crippen molar-refractivity contribution in [1.29, 1.82) is 0 Å². The normalized spacial score (nSPS) is 14.4. The van der Waals surface area contributed by atoms with Gasteiger partial charge in [-0.2, -0.15) is 0 Å². The van der Waals surface area contributed by atoms with Crippen LogP contribution >= 0.6 is 11.3 Å². The third-order valence-corrected chi connectivity index (χ3v) is 16.7. The van der Waals surface area contributed by atoms with Crippen LogP contribution in [0.2, 0.25) is 0 Å². The Bertz CT molecular complexity index is 4040. The topological polar surface area (TPSA) is 8.17 Å². The van der Waals surface area contributed by atoms with Gasteiger partial charge in [-0.05, 0) is 116 Å². The van der Waals surface area contributed by atoms with Crippen LogP contribution in [0.3, 0.4) is 0 Å². The van der Waals surface area contributed by atoms with Crippen LogP contribution in [0.4, 0.5) is 17.1 Å². The van der Waals surface area contributed by atoms with Crippen molar-refractivity contribution in [2.75, 3.05) is 4.90 Å². The first-order valence-corrected chi connectivity index (χ1v) is 24.2. The Hall–Kier alpha value is -7.98. The summed E-state index contributed by atoms with van der Waals surface area (Å²) in [5, 5.41) is 5.13. The van der Waals surface area contributed by atoms with E-state index in [4.69, 9.17) is 0 Å². The van der Waals surface area contributed by atoms with E-state index in [1.54, 1.807) is 0 Å². The molecule has 3 aliphatic carbocycles. The fourth-order valence-electron chi connectivity index (χ4n) is 12.9. The minimum Gasteiger partial charge on any atom is -0.310 e. The van der Waals surface area contributed by atoms with Gasteiger partial charge in [0.1, 0.15) is 0 Å². The second kappa shape index (κ2) is 13.3. The van der Waals surface area contributed by atoms with E-state index in [2.05, 4.69) is 242 Å². The molecule has 0 atom stereocenters. The SMILES string of the molecule is CC1(C)c2ccccc2-c2ccc(N(c3ccc4c5ccc6sc7ccccc7c6c5n(-c5ccccc5)c4c3)c3cccc4c3-c3ccccc3C43c4ccccc4-c4ccccc43)cc21. The molecule has 15 rings (SSSR count). The lowest BCUT2D eigenvalue weighted by atomic mass is 9.70. The maximum atomic E-state index is 2.57. The fourth-order valence-corrected chi connectivity index (χ4v) is 14.0. The second-order valence-corrected chi connectivity index (χ2v) is 20.2. The lowest BCUT2D eigenvalue weighted by molar-refractivity contribution is 0.660. The number of nitrogens with zero attached hydrogens (tertiary/aromatic N) is 2. The van der Waals surface area contributed by atoms with Gasteiger partial charge < -0.3 is 9.47 Å². The van der Waals surface area contributed by atoms with E-state index in [1.807, 2.05) is 11.3 Å². The summed E-state index contributed by atoms with van der Waals surface area (Å²) in [6.07, 6.45) is 0. The molecule has 0 fully saturated rings. The lowest BCUT2D eigenvalue weighted by Gasteiger charge is -2.32. The Kier molecular flexibility index (Phi) is 7.41. The Morgan fingerprint density at radius 3 is 1.73 bits per heavy atom. The molecular formula is C64H42N2S.